The molecular weight excluding hydrogens is 372 g/mol. The molecule has 1 atom stereocenters. The van der Waals surface area contributed by atoms with E-state index < -0.39 is 6.04 Å². The van der Waals surface area contributed by atoms with Crippen LogP contribution in [0.2, 0.25) is 0 Å². The Kier molecular flexibility index (Phi) is 8.64. The SMILES string of the molecule is COc1ccc(-c2noc(CCCCCNC(=O)C(NC(C)=O)C(C)C)n2)cc1. The average Bonchev–Trinajstić information content (AvgIpc) is 3.17. The fourth-order valence-corrected chi connectivity index (χ4v) is 2.87. The van der Waals surface area contributed by atoms with Crippen molar-refractivity contribution in [1.82, 2.24) is 20.8 Å². The summed E-state index contributed by atoms with van der Waals surface area (Å²) in [4.78, 5) is 27.8. The van der Waals surface area contributed by atoms with Gasteiger partial charge in [0.25, 0.3) is 0 Å². The average molecular weight is 402 g/mol. The van der Waals surface area contributed by atoms with Crippen LogP contribution in [0.3, 0.4) is 0 Å². The third-order valence-corrected chi connectivity index (χ3v) is 4.49. The van der Waals surface area contributed by atoms with E-state index in [2.05, 4.69) is 20.8 Å². The van der Waals surface area contributed by atoms with Crippen LogP contribution in [0.5, 0.6) is 5.75 Å². The molecule has 0 spiro atoms. The minimum atomic E-state index is -0.498. The molecule has 0 bridgehead atoms. The molecule has 1 aromatic heterocycles. The van der Waals surface area contributed by atoms with Crippen LogP contribution in [-0.4, -0.2) is 41.7 Å². The Balaban J connectivity index is 1.68. The second-order valence-electron chi connectivity index (χ2n) is 7.26. The van der Waals surface area contributed by atoms with Crippen LogP contribution in [0, 0.1) is 5.92 Å². The lowest BCUT2D eigenvalue weighted by atomic mass is 10.0. The van der Waals surface area contributed by atoms with Crippen molar-refractivity contribution in [3.05, 3.63) is 30.2 Å². The molecule has 1 heterocycles. The molecule has 29 heavy (non-hydrogen) atoms. The van der Waals surface area contributed by atoms with Crippen LogP contribution in [-0.2, 0) is 16.0 Å². The number of unbranched alkanes of at least 4 members (excludes halogenated alkanes) is 2. The second kappa shape index (κ2) is 11.2. The number of hydrogen-bond acceptors (Lipinski definition) is 6. The second-order valence-corrected chi connectivity index (χ2v) is 7.26. The van der Waals surface area contributed by atoms with Crippen molar-refractivity contribution in [2.45, 2.75) is 52.5 Å². The van der Waals surface area contributed by atoms with E-state index in [0.29, 0.717) is 24.7 Å². The molecule has 2 N–H and O–H groups in total. The number of carbonyl (C=O) groups is 2. The highest BCUT2D eigenvalue weighted by Gasteiger charge is 2.22. The van der Waals surface area contributed by atoms with Gasteiger partial charge < -0.3 is 19.9 Å². The third-order valence-electron chi connectivity index (χ3n) is 4.49. The zero-order chi connectivity index (χ0) is 21.2. The predicted octanol–water partition coefficient (Wildman–Crippen LogP) is 2.73. The first-order valence-electron chi connectivity index (χ1n) is 9.92. The summed E-state index contributed by atoms with van der Waals surface area (Å²) in [6, 6.07) is 7.00. The van der Waals surface area contributed by atoms with Crippen molar-refractivity contribution < 1.29 is 18.8 Å². The van der Waals surface area contributed by atoms with E-state index in [-0.39, 0.29) is 17.7 Å². The Bertz CT molecular complexity index is 786. The minimum Gasteiger partial charge on any atom is -0.497 e. The summed E-state index contributed by atoms with van der Waals surface area (Å²) in [6.07, 6.45) is 3.35. The Morgan fingerprint density at radius 2 is 1.86 bits per heavy atom. The number of ether oxygens (including phenoxy) is 1. The van der Waals surface area contributed by atoms with Gasteiger partial charge in [0.05, 0.1) is 7.11 Å². The molecule has 2 rings (SSSR count). The first kappa shape index (κ1) is 22.4. The molecule has 0 aliphatic carbocycles. The van der Waals surface area contributed by atoms with Gasteiger partial charge in [-0.15, -0.1) is 0 Å². The summed E-state index contributed by atoms with van der Waals surface area (Å²) in [6.45, 7) is 5.80. The van der Waals surface area contributed by atoms with Crippen LogP contribution >= 0.6 is 0 Å². The number of hydrogen-bond donors (Lipinski definition) is 2. The zero-order valence-electron chi connectivity index (χ0n) is 17.5. The van der Waals surface area contributed by atoms with Crippen molar-refractivity contribution in [1.29, 1.82) is 0 Å². The Morgan fingerprint density at radius 1 is 1.14 bits per heavy atom. The van der Waals surface area contributed by atoms with Gasteiger partial charge in [0, 0.05) is 25.5 Å². The van der Waals surface area contributed by atoms with E-state index >= 15 is 0 Å². The molecular formula is C21H30N4O4. The first-order valence-corrected chi connectivity index (χ1v) is 9.92. The molecule has 0 radical (unpaired) electrons. The highest BCUT2D eigenvalue weighted by Crippen LogP contribution is 2.20. The minimum absolute atomic E-state index is 0.0383. The third kappa shape index (κ3) is 7.21. The molecule has 8 nitrogen and oxygen atoms in total. The maximum Gasteiger partial charge on any atom is 0.242 e. The summed E-state index contributed by atoms with van der Waals surface area (Å²) in [7, 11) is 1.62. The molecule has 0 fully saturated rings. The van der Waals surface area contributed by atoms with Crippen molar-refractivity contribution in [3.8, 4) is 17.1 Å². The molecule has 0 saturated carbocycles. The van der Waals surface area contributed by atoms with Crippen molar-refractivity contribution in [2.75, 3.05) is 13.7 Å². The fourth-order valence-electron chi connectivity index (χ4n) is 2.87. The zero-order valence-corrected chi connectivity index (χ0v) is 17.5. The van der Waals surface area contributed by atoms with E-state index in [4.69, 9.17) is 9.26 Å². The van der Waals surface area contributed by atoms with Crippen LogP contribution in [0.15, 0.2) is 28.8 Å². The van der Waals surface area contributed by atoms with E-state index in [1.807, 2.05) is 38.1 Å². The summed E-state index contributed by atoms with van der Waals surface area (Å²) >= 11 is 0. The van der Waals surface area contributed by atoms with E-state index in [0.717, 1.165) is 30.6 Å². The number of nitrogens with one attached hydrogen (secondary N) is 2. The molecule has 2 aromatic rings. The van der Waals surface area contributed by atoms with Gasteiger partial charge in [0.2, 0.25) is 23.5 Å². The molecule has 0 aliphatic heterocycles. The molecule has 1 unspecified atom stereocenters. The monoisotopic (exact) mass is 402 g/mol. The number of aryl methyl sites for hydroxylation is 1. The lowest BCUT2D eigenvalue weighted by Crippen LogP contribution is -2.49. The van der Waals surface area contributed by atoms with E-state index in [9.17, 15) is 9.59 Å². The molecule has 2 amide bonds. The quantitative estimate of drug-likeness (QED) is 0.560. The number of rotatable bonds is 11. The normalized spacial score (nSPS) is 11.9. The van der Waals surface area contributed by atoms with Gasteiger partial charge in [-0.25, -0.2) is 0 Å². The standard InChI is InChI=1S/C21H30N4O4/c1-14(2)19(23-15(3)26)21(27)22-13-7-5-6-8-18-24-20(25-29-18)16-9-11-17(28-4)12-10-16/h9-12,14,19H,5-8,13H2,1-4H3,(H,22,27)(H,23,26). The highest BCUT2D eigenvalue weighted by molar-refractivity contribution is 5.86. The number of methoxy groups -OCH3 is 1. The maximum atomic E-state index is 12.2. The van der Waals surface area contributed by atoms with Gasteiger partial charge in [-0.3, -0.25) is 9.59 Å². The maximum absolute atomic E-state index is 12.2. The van der Waals surface area contributed by atoms with Crippen molar-refractivity contribution >= 4 is 11.8 Å². The van der Waals surface area contributed by atoms with E-state index in [1.165, 1.54) is 6.92 Å². The molecule has 0 saturated heterocycles. The van der Waals surface area contributed by atoms with Gasteiger partial charge in [-0.1, -0.05) is 25.4 Å². The Hall–Kier alpha value is -2.90. The summed E-state index contributed by atoms with van der Waals surface area (Å²) in [5.41, 5.74) is 0.877. The fraction of sp³-hybridized carbons (Fsp3) is 0.524. The highest BCUT2D eigenvalue weighted by atomic mass is 16.5. The number of carbonyl (C=O) groups excluding carboxylic acids is 2. The molecule has 0 aliphatic rings. The number of aromatic nitrogens is 2. The van der Waals surface area contributed by atoms with Crippen LogP contribution in [0.4, 0.5) is 0 Å². The summed E-state index contributed by atoms with van der Waals surface area (Å²) in [5.74, 6) is 1.64. The molecule has 8 heteroatoms. The van der Waals surface area contributed by atoms with Crippen LogP contribution < -0.4 is 15.4 Å². The molecule has 1 aromatic carbocycles. The lowest BCUT2D eigenvalue weighted by molar-refractivity contribution is -0.129. The van der Waals surface area contributed by atoms with Gasteiger partial charge in [0.15, 0.2) is 0 Å². The van der Waals surface area contributed by atoms with Crippen molar-refractivity contribution in [3.63, 3.8) is 0 Å². The van der Waals surface area contributed by atoms with Crippen molar-refractivity contribution in [2.24, 2.45) is 5.92 Å². The van der Waals surface area contributed by atoms with Crippen LogP contribution in [0.1, 0.15) is 45.9 Å². The number of amides is 2. The summed E-state index contributed by atoms with van der Waals surface area (Å²) in [5, 5.41) is 9.60. The first-order chi connectivity index (χ1) is 13.9. The van der Waals surface area contributed by atoms with E-state index in [1.54, 1.807) is 7.11 Å². The van der Waals surface area contributed by atoms with Gasteiger partial charge in [0.1, 0.15) is 11.8 Å². The number of nitrogens with zero attached hydrogens (tertiary/aromatic N) is 2. The summed E-state index contributed by atoms with van der Waals surface area (Å²) < 4.78 is 10.5. The number of benzene rings is 1. The predicted molar refractivity (Wildman–Crippen MR) is 109 cm³/mol. The lowest BCUT2D eigenvalue weighted by Gasteiger charge is -2.20. The van der Waals surface area contributed by atoms with Crippen LogP contribution in [0.25, 0.3) is 11.4 Å². The Labute approximate surface area is 171 Å². The Morgan fingerprint density at radius 3 is 2.48 bits per heavy atom. The van der Waals surface area contributed by atoms with Gasteiger partial charge in [-0.2, -0.15) is 4.98 Å². The largest absolute Gasteiger partial charge is 0.497 e. The topological polar surface area (TPSA) is 106 Å². The molecule has 158 valence electrons. The van der Waals surface area contributed by atoms with Gasteiger partial charge in [-0.05, 0) is 43.0 Å². The van der Waals surface area contributed by atoms with Gasteiger partial charge >= 0.3 is 0 Å². The smallest absolute Gasteiger partial charge is 0.242 e.